The minimum absolute atomic E-state index is 0. The zero-order valence-electron chi connectivity index (χ0n) is 18.1. The molecular weight excluding hydrogens is 360 g/mol. The molecule has 160 valence electrons. The molecule has 0 amide bonds. The molecule has 0 bridgehead atoms. The monoisotopic (exact) mass is 400 g/mol. The lowest BCUT2D eigenvalue weighted by Crippen LogP contribution is -2.11. The molecule has 0 spiro atoms. The van der Waals surface area contributed by atoms with Crippen LogP contribution >= 0.6 is 0 Å². The van der Waals surface area contributed by atoms with E-state index in [4.69, 9.17) is 0 Å². The summed E-state index contributed by atoms with van der Waals surface area (Å²) >= 11 is 0. The van der Waals surface area contributed by atoms with Gasteiger partial charge in [0.05, 0.1) is 0 Å². The highest BCUT2D eigenvalue weighted by atomic mass is 14.2. The third-order valence-electron chi connectivity index (χ3n) is 5.21. The predicted molar refractivity (Wildman–Crippen MR) is 139 cm³/mol. The van der Waals surface area contributed by atoms with Crippen molar-refractivity contribution in [2.24, 2.45) is 0 Å². The summed E-state index contributed by atoms with van der Waals surface area (Å²) in [5.41, 5.74) is 3.29. The quantitative estimate of drug-likeness (QED) is 0.275. The first-order valence-electron chi connectivity index (χ1n) is 10.1. The van der Waals surface area contributed by atoms with E-state index in [0.29, 0.717) is 0 Å². The summed E-state index contributed by atoms with van der Waals surface area (Å²) in [6.07, 6.45) is 0. The van der Waals surface area contributed by atoms with E-state index in [9.17, 15) is 0 Å². The number of benzene rings is 4. The average Bonchev–Trinajstić information content (AvgIpc) is 2.66. The van der Waals surface area contributed by atoms with Crippen LogP contribution in [-0.2, 0) is 10.8 Å². The third kappa shape index (κ3) is 5.95. The summed E-state index contributed by atoms with van der Waals surface area (Å²) in [5, 5.41) is 5.36. The molecule has 0 aliphatic carbocycles. The number of hydrogen-bond acceptors (Lipinski definition) is 0. The molecule has 0 saturated heterocycles. The first-order chi connectivity index (χ1) is 13.2. The summed E-state index contributed by atoms with van der Waals surface area (Å²) in [4.78, 5) is 0. The maximum Gasteiger partial charge on any atom is -0.0126 e. The lowest BCUT2D eigenvalue weighted by molar-refractivity contribution is 0.591. The molecule has 0 fully saturated rings. The van der Waals surface area contributed by atoms with Gasteiger partial charge in [0.2, 0.25) is 0 Å². The molecule has 0 aliphatic rings. The van der Waals surface area contributed by atoms with Crippen molar-refractivity contribution in [3.8, 4) is 0 Å². The molecule has 0 aliphatic heterocycles. The van der Waals surface area contributed by atoms with Gasteiger partial charge in [-0.05, 0) is 43.5 Å². The van der Waals surface area contributed by atoms with Crippen molar-refractivity contribution in [3.05, 3.63) is 96.1 Å². The Morgan fingerprint density at radius 3 is 1.60 bits per heavy atom. The maximum absolute atomic E-state index is 2.29. The molecule has 4 aromatic carbocycles. The molecule has 4 rings (SSSR count). The SMILES string of the molecule is C.C.CC(C)(C)c1ccc2ccccc2c1.CC(C)(C)c1cccc2ccccc12. The van der Waals surface area contributed by atoms with Crippen molar-refractivity contribution in [3.63, 3.8) is 0 Å². The Morgan fingerprint density at radius 1 is 0.467 bits per heavy atom. The highest BCUT2D eigenvalue weighted by molar-refractivity contribution is 5.86. The fourth-order valence-electron chi connectivity index (χ4n) is 3.54. The molecular formula is C30H40. The average molecular weight is 401 g/mol. The van der Waals surface area contributed by atoms with Crippen LogP contribution in [0.4, 0.5) is 0 Å². The van der Waals surface area contributed by atoms with E-state index in [1.807, 2.05) is 0 Å². The number of rotatable bonds is 0. The standard InChI is InChI=1S/2C14H16.2CH4/c1-14(2,3)13-10-6-8-11-7-4-5-9-12(11)13;1-14(2,3)13-9-8-11-6-4-5-7-12(11)10-13;;/h2*4-10H,1-3H3;2*1H4. The van der Waals surface area contributed by atoms with Crippen LogP contribution in [0.25, 0.3) is 21.5 Å². The van der Waals surface area contributed by atoms with Gasteiger partial charge >= 0.3 is 0 Å². The van der Waals surface area contributed by atoms with E-state index in [0.717, 1.165) is 0 Å². The summed E-state index contributed by atoms with van der Waals surface area (Å²) in [5.74, 6) is 0. The fourth-order valence-corrected chi connectivity index (χ4v) is 3.54. The highest BCUT2D eigenvalue weighted by Gasteiger charge is 2.15. The van der Waals surface area contributed by atoms with Gasteiger partial charge < -0.3 is 0 Å². The Labute approximate surface area is 185 Å². The summed E-state index contributed by atoms with van der Waals surface area (Å²) < 4.78 is 0. The van der Waals surface area contributed by atoms with Gasteiger partial charge in [-0.15, -0.1) is 0 Å². The largest absolute Gasteiger partial charge is 0.0776 e. The topological polar surface area (TPSA) is 0 Å². The molecule has 0 heterocycles. The van der Waals surface area contributed by atoms with Crippen molar-refractivity contribution in [2.45, 2.75) is 67.2 Å². The number of hydrogen-bond donors (Lipinski definition) is 0. The van der Waals surface area contributed by atoms with Crippen LogP contribution in [0.2, 0.25) is 0 Å². The van der Waals surface area contributed by atoms with Crippen molar-refractivity contribution in [2.75, 3.05) is 0 Å². The van der Waals surface area contributed by atoms with Crippen molar-refractivity contribution in [1.82, 2.24) is 0 Å². The van der Waals surface area contributed by atoms with Crippen LogP contribution in [0, 0.1) is 0 Å². The first-order valence-corrected chi connectivity index (χ1v) is 10.1. The third-order valence-corrected chi connectivity index (χ3v) is 5.21. The van der Waals surface area contributed by atoms with Crippen LogP contribution in [-0.4, -0.2) is 0 Å². The molecule has 0 unspecified atom stereocenters. The van der Waals surface area contributed by atoms with E-state index in [-0.39, 0.29) is 25.7 Å². The lowest BCUT2D eigenvalue weighted by atomic mass is 9.84. The molecule has 0 saturated carbocycles. The maximum atomic E-state index is 2.29. The molecule has 0 N–H and O–H groups in total. The Balaban J connectivity index is 0.000000281. The van der Waals surface area contributed by atoms with Crippen molar-refractivity contribution >= 4 is 21.5 Å². The van der Waals surface area contributed by atoms with Crippen molar-refractivity contribution < 1.29 is 0 Å². The van der Waals surface area contributed by atoms with E-state index in [1.54, 1.807) is 0 Å². The van der Waals surface area contributed by atoms with Gasteiger partial charge in [0.15, 0.2) is 0 Å². The van der Waals surface area contributed by atoms with Gasteiger partial charge in [0.25, 0.3) is 0 Å². The van der Waals surface area contributed by atoms with E-state index >= 15 is 0 Å². The van der Waals surface area contributed by atoms with Gasteiger partial charge in [0, 0.05) is 0 Å². The van der Waals surface area contributed by atoms with Crippen LogP contribution in [0.1, 0.15) is 67.5 Å². The molecule has 0 aromatic heterocycles. The van der Waals surface area contributed by atoms with Gasteiger partial charge in [-0.3, -0.25) is 0 Å². The normalized spacial score (nSPS) is 11.1. The Morgan fingerprint density at radius 2 is 1.00 bits per heavy atom. The molecule has 0 radical (unpaired) electrons. The molecule has 0 nitrogen and oxygen atoms in total. The highest BCUT2D eigenvalue weighted by Crippen LogP contribution is 2.29. The van der Waals surface area contributed by atoms with Crippen LogP contribution in [0.5, 0.6) is 0 Å². The molecule has 4 aromatic rings. The van der Waals surface area contributed by atoms with Gasteiger partial charge in [-0.2, -0.15) is 0 Å². The Kier molecular flexibility index (Phi) is 8.43. The smallest absolute Gasteiger partial charge is 0.0126 e. The van der Waals surface area contributed by atoms with Crippen LogP contribution in [0.15, 0.2) is 84.9 Å². The second-order valence-electron chi connectivity index (χ2n) is 9.59. The molecule has 30 heavy (non-hydrogen) atoms. The minimum Gasteiger partial charge on any atom is -0.0776 e. The lowest BCUT2D eigenvalue weighted by Gasteiger charge is -2.21. The van der Waals surface area contributed by atoms with Crippen LogP contribution < -0.4 is 0 Å². The van der Waals surface area contributed by atoms with E-state index in [1.165, 1.54) is 32.7 Å². The van der Waals surface area contributed by atoms with Crippen LogP contribution in [0.3, 0.4) is 0 Å². The van der Waals surface area contributed by atoms with Gasteiger partial charge in [-0.25, -0.2) is 0 Å². The summed E-state index contributed by atoms with van der Waals surface area (Å²) in [7, 11) is 0. The first kappa shape index (κ1) is 25.4. The van der Waals surface area contributed by atoms with Crippen molar-refractivity contribution in [1.29, 1.82) is 0 Å². The number of fused-ring (bicyclic) bond motifs is 2. The zero-order valence-corrected chi connectivity index (χ0v) is 18.1. The minimum atomic E-state index is 0. The molecule has 0 atom stereocenters. The van der Waals surface area contributed by atoms with Gasteiger partial charge in [-0.1, -0.05) is 141 Å². The second kappa shape index (κ2) is 9.94. The van der Waals surface area contributed by atoms with E-state index < -0.39 is 0 Å². The van der Waals surface area contributed by atoms with Gasteiger partial charge in [0.1, 0.15) is 0 Å². The zero-order chi connectivity index (χ0) is 20.4. The fraction of sp³-hybridized carbons (Fsp3) is 0.333. The predicted octanol–water partition coefficient (Wildman–Crippen LogP) is 9.55. The Hall–Kier alpha value is -2.60. The van der Waals surface area contributed by atoms with E-state index in [2.05, 4.69) is 126 Å². The molecule has 0 heteroatoms. The second-order valence-corrected chi connectivity index (χ2v) is 9.59. The summed E-state index contributed by atoms with van der Waals surface area (Å²) in [6, 6.07) is 30.3. The summed E-state index contributed by atoms with van der Waals surface area (Å²) in [6.45, 7) is 13.5. The Bertz CT molecular complexity index is 1060.